The number of hydrogen-bond acceptors (Lipinski definition) is 2. The molecule has 0 aliphatic carbocycles. The zero-order valence-electron chi connectivity index (χ0n) is 15.4. The lowest BCUT2D eigenvalue weighted by molar-refractivity contribution is -0.481. The largest absolute Gasteiger partial charge is 0.343 e. The van der Waals surface area contributed by atoms with E-state index in [4.69, 9.17) is 11.6 Å². The van der Waals surface area contributed by atoms with E-state index in [1.54, 1.807) is 12.1 Å². The Morgan fingerprint density at radius 2 is 1.61 bits per heavy atom. The van der Waals surface area contributed by atoms with Gasteiger partial charge < -0.3 is 4.57 Å². The molecule has 0 bridgehead atoms. The lowest BCUT2D eigenvalue weighted by Gasteiger charge is -2.17. The van der Waals surface area contributed by atoms with Crippen LogP contribution in [0, 0.1) is 10.1 Å². The molecule has 0 radical (unpaired) electrons. The number of rotatable bonds is 5. The minimum Gasteiger partial charge on any atom is -0.343 e. The van der Waals surface area contributed by atoms with Gasteiger partial charge in [-0.25, -0.2) is 0 Å². The summed E-state index contributed by atoms with van der Waals surface area (Å²) in [7, 11) is 2.01. The van der Waals surface area contributed by atoms with Crippen LogP contribution in [0.1, 0.15) is 17.0 Å². The number of para-hydroxylation sites is 1. The number of nitrogens with zero attached hydrogens (tertiary/aromatic N) is 2. The van der Waals surface area contributed by atoms with Gasteiger partial charge in [0.25, 0.3) is 0 Å². The number of nitro groups is 1. The van der Waals surface area contributed by atoms with Gasteiger partial charge in [0, 0.05) is 27.9 Å². The number of hydrogen-bond donors (Lipinski definition) is 0. The van der Waals surface area contributed by atoms with Crippen LogP contribution in [-0.4, -0.2) is 16.0 Å². The number of benzene rings is 3. The van der Waals surface area contributed by atoms with Crippen LogP contribution in [0.15, 0.2) is 78.9 Å². The highest BCUT2D eigenvalue weighted by atomic mass is 35.5. The summed E-state index contributed by atoms with van der Waals surface area (Å²) < 4.78 is 2.13. The maximum absolute atomic E-state index is 11.6. The summed E-state index contributed by atoms with van der Waals surface area (Å²) in [6, 6.07) is 25.4. The molecule has 0 N–H and O–H groups in total. The normalized spacial score (nSPS) is 12.2. The Kier molecular flexibility index (Phi) is 4.88. The topological polar surface area (TPSA) is 48.1 Å². The van der Waals surface area contributed by atoms with Gasteiger partial charge in [0.2, 0.25) is 6.54 Å². The van der Waals surface area contributed by atoms with Gasteiger partial charge in [-0.3, -0.25) is 10.1 Å². The van der Waals surface area contributed by atoms with Gasteiger partial charge in [-0.15, -0.1) is 0 Å². The molecule has 0 unspecified atom stereocenters. The standard InChI is InChI=1S/C23H19ClN2O2/c1-25-21-10-6-5-9-19(21)22(23(25)17-7-3-2-4-8-17)20(15-26(27)28)16-11-13-18(24)14-12-16/h2-14,20H,15H2,1H3/t20-/m1/s1. The summed E-state index contributed by atoms with van der Waals surface area (Å²) in [6.07, 6.45) is 0. The Hall–Kier alpha value is -3.11. The molecule has 0 amide bonds. The van der Waals surface area contributed by atoms with Gasteiger partial charge in [-0.05, 0) is 34.9 Å². The first-order valence-corrected chi connectivity index (χ1v) is 9.44. The van der Waals surface area contributed by atoms with E-state index in [0.29, 0.717) is 5.02 Å². The van der Waals surface area contributed by atoms with Gasteiger partial charge in [0.05, 0.1) is 11.6 Å². The van der Waals surface area contributed by atoms with E-state index in [-0.39, 0.29) is 17.4 Å². The second kappa shape index (κ2) is 7.49. The summed E-state index contributed by atoms with van der Waals surface area (Å²) in [5.41, 5.74) is 4.96. The van der Waals surface area contributed by atoms with Gasteiger partial charge in [0.1, 0.15) is 0 Å². The average molecular weight is 391 g/mol. The van der Waals surface area contributed by atoms with Crippen LogP contribution in [0.4, 0.5) is 0 Å². The third kappa shape index (κ3) is 3.27. The van der Waals surface area contributed by atoms with Crippen LogP contribution in [0.2, 0.25) is 5.02 Å². The van der Waals surface area contributed by atoms with E-state index < -0.39 is 0 Å². The third-order valence-electron chi connectivity index (χ3n) is 5.15. The summed E-state index contributed by atoms with van der Waals surface area (Å²) >= 11 is 6.06. The van der Waals surface area contributed by atoms with Crippen molar-refractivity contribution in [3.8, 4) is 11.3 Å². The Bertz CT molecular complexity index is 1130. The SMILES string of the molecule is Cn1c(-c2ccccc2)c([C@H](C[N+](=O)[O-])c2ccc(Cl)cc2)c2ccccc21. The average Bonchev–Trinajstić information content (AvgIpc) is 3.00. The molecule has 0 aliphatic heterocycles. The van der Waals surface area contributed by atoms with Crippen molar-refractivity contribution < 1.29 is 4.92 Å². The van der Waals surface area contributed by atoms with Crippen LogP contribution < -0.4 is 0 Å². The Morgan fingerprint density at radius 1 is 0.964 bits per heavy atom. The molecule has 1 heterocycles. The molecule has 4 aromatic rings. The molecule has 4 nitrogen and oxygen atoms in total. The number of aryl methyl sites for hydroxylation is 1. The summed E-state index contributed by atoms with van der Waals surface area (Å²) in [5.74, 6) is -0.381. The van der Waals surface area contributed by atoms with Gasteiger partial charge in [-0.1, -0.05) is 72.3 Å². The minimum absolute atomic E-state index is 0.185. The predicted octanol–water partition coefficient (Wildman–Crippen LogP) is 5.91. The number of halogens is 1. The molecule has 1 atom stereocenters. The third-order valence-corrected chi connectivity index (χ3v) is 5.40. The van der Waals surface area contributed by atoms with Crippen molar-refractivity contribution in [1.82, 2.24) is 4.57 Å². The maximum Gasteiger partial charge on any atom is 0.214 e. The van der Waals surface area contributed by atoms with E-state index >= 15 is 0 Å². The molecule has 3 aromatic carbocycles. The highest BCUT2D eigenvalue weighted by Crippen LogP contribution is 2.40. The first-order valence-electron chi connectivity index (χ1n) is 9.06. The van der Waals surface area contributed by atoms with Crippen molar-refractivity contribution in [2.45, 2.75) is 5.92 Å². The second-order valence-electron chi connectivity index (χ2n) is 6.82. The Labute approximate surface area is 168 Å². The van der Waals surface area contributed by atoms with Crippen molar-refractivity contribution in [3.05, 3.63) is 105 Å². The molecule has 0 saturated heterocycles. The monoisotopic (exact) mass is 390 g/mol. The van der Waals surface area contributed by atoms with Crippen LogP contribution in [0.3, 0.4) is 0 Å². The minimum atomic E-state index is -0.381. The molecule has 0 aliphatic rings. The fourth-order valence-corrected chi connectivity index (χ4v) is 4.05. The van der Waals surface area contributed by atoms with Gasteiger partial charge in [0.15, 0.2) is 0 Å². The van der Waals surface area contributed by atoms with E-state index in [1.165, 1.54) is 0 Å². The second-order valence-corrected chi connectivity index (χ2v) is 7.26. The van der Waals surface area contributed by atoms with Crippen LogP contribution in [0.5, 0.6) is 0 Å². The van der Waals surface area contributed by atoms with Crippen molar-refractivity contribution in [2.75, 3.05) is 6.54 Å². The number of aromatic nitrogens is 1. The molecular weight excluding hydrogens is 372 g/mol. The molecule has 0 fully saturated rings. The molecule has 28 heavy (non-hydrogen) atoms. The van der Waals surface area contributed by atoms with E-state index in [0.717, 1.165) is 33.3 Å². The zero-order valence-corrected chi connectivity index (χ0v) is 16.1. The highest BCUT2D eigenvalue weighted by Gasteiger charge is 2.28. The Balaban J connectivity index is 2.04. The lowest BCUT2D eigenvalue weighted by Crippen LogP contribution is -2.15. The van der Waals surface area contributed by atoms with E-state index in [9.17, 15) is 10.1 Å². The zero-order chi connectivity index (χ0) is 19.7. The lowest BCUT2D eigenvalue weighted by atomic mass is 9.87. The fourth-order valence-electron chi connectivity index (χ4n) is 3.93. The maximum atomic E-state index is 11.6. The van der Waals surface area contributed by atoms with E-state index in [1.807, 2.05) is 67.7 Å². The fraction of sp³-hybridized carbons (Fsp3) is 0.130. The van der Waals surface area contributed by atoms with Gasteiger partial charge >= 0.3 is 0 Å². The highest BCUT2D eigenvalue weighted by molar-refractivity contribution is 6.30. The van der Waals surface area contributed by atoms with Crippen molar-refractivity contribution in [1.29, 1.82) is 0 Å². The first-order chi connectivity index (χ1) is 13.6. The summed E-state index contributed by atoms with van der Waals surface area (Å²) in [5, 5.41) is 13.2. The van der Waals surface area contributed by atoms with Crippen molar-refractivity contribution in [3.63, 3.8) is 0 Å². The summed E-state index contributed by atoms with van der Waals surface area (Å²) in [4.78, 5) is 11.3. The molecule has 0 spiro atoms. The molecule has 5 heteroatoms. The first kappa shape index (κ1) is 18.3. The van der Waals surface area contributed by atoms with Crippen LogP contribution in [0.25, 0.3) is 22.2 Å². The summed E-state index contributed by atoms with van der Waals surface area (Å²) in [6.45, 7) is -0.185. The predicted molar refractivity (Wildman–Crippen MR) is 114 cm³/mol. The van der Waals surface area contributed by atoms with Gasteiger partial charge in [-0.2, -0.15) is 0 Å². The Morgan fingerprint density at radius 3 is 2.29 bits per heavy atom. The molecule has 4 rings (SSSR count). The number of fused-ring (bicyclic) bond motifs is 1. The van der Waals surface area contributed by atoms with Crippen LogP contribution in [-0.2, 0) is 7.05 Å². The van der Waals surface area contributed by atoms with E-state index in [2.05, 4.69) is 10.6 Å². The molecular formula is C23H19ClN2O2. The molecule has 140 valence electrons. The molecule has 1 aromatic heterocycles. The van der Waals surface area contributed by atoms with Crippen molar-refractivity contribution >= 4 is 22.5 Å². The smallest absolute Gasteiger partial charge is 0.214 e. The van der Waals surface area contributed by atoms with Crippen LogP contribution >= 0.6 is 11.6 Å². The molecule has 0 saturated carbocycles. The quantitative estimate of drug-likeness (QED) is 0.314. The van der Waals surface area contributed by atoms with Crippen molar-refractivity contribution in [2.24, 2.45) is 7.05 Å².